The van der Waals surface area contributed by atoms with Crippen LogP contribution in [0.1, 0.15) is 36.5 Å². The molecule has 0 aliphatic carbocycles. The molecule has 0 bridgehead atoms. The lowest BCUT2D eigenvalue weighted by Crippen LogP contribution is -2.22. The highest BCUT2D eigenvalue weighted by Crippen LogP contribution is 2.44. The van der Waals surface area contributed by atoms with E-state index >= 15 is 0 Å². The second-order valence-corrected chi connectivity index (χ2v) is 7.88. The standard InChI is InChI=1S/C25H23N3O3/c1-25(2,29)11-10-16-12-20-21(15-30-24(26)27)19-13-18(17-6-4-3-5-7-17)8-9-22(19)31-23(20)28-14-16/h3-9,12-14,21,29H,15H2,1-2H3,(H3,26,27)/t21-/m1/s1. The van der Waals surface area contributed by atoms with Gasteiger partial charge in [-0.15, -0.1) is 0 Å². The van der Waals surface area contributed by atoms with Gasteiger partial charge >= 0.3 is 0 Å². The second-order valence-electron chi connectivity index (χ2n) is 7.88. The Balaban J connectivity index is 1.79. The van der Waals surface area contributed by atoms with E-state index in [0.717, 1.165) is 22.3 Å². The number of rotatable bonds is 3. The Morgan fingerprint density at radius 3 is 2.65 bits per heavy atom. The van der Waals surface area contributed by atoms with Gasteiger partial charge in [-0.05, 0) is 43.2 Å². The van der Waals surface area contributed by atoms with Crippen LogP contribution in [-0.2, 0) is 4.74 Å². The van der Waals surface area contributed by atoms with E-state index in [2.05, 4.69) is 22.9 Å². The summed E-state index contributed by atoms with van der Waals surface area (Å²) in [5, 5.41) is 17.4. The lowest BCUT2D eigenvalue weighted by molar-refractivity contribution is 0.143. The zero-order valence-corrected chi connectivity index (χ0v) is 17.3. The fourth-order valence-corrected chi connectivity index (χ4v) is 3.45. The molecule has 1 aliphatic heterocycles. The molecule has 0 saturated heterocycles. The molecule has 2 heterocycles. The number of pyridine rings is 1. The number of nitrogens with two attached hydrogens (primary N) is 1. The third-order valence-corrected chi connectivity index (χ3v) is 4.87. The predicted molar refractivity (Wildman–Crippen MR) is 119 cm³/mol. The van der Waals surface area contributed by atoms with Crippen LogP contribution in [-0.4, -0.2) is 28.3 Å². The molecule has 6 nitrogen and oxygen atoms in total. The van der Waals surface area contributed by atoms with Crippen molar-refractivity contribution in [3.63, 3.8) is 0 Å². The van der Waals surface area contributed by atoms with E-state index in [1.807, 2.05) is 48.5 Å². The van der Waals surface area contributed by atoms with Crippen molar-refractivity contribution in [3.05, 3.63) is 77.5 Å². The SMILES string of the molecule is CC(C)(O)C#Cc1cnc2c(c1)[C@H](COC(=N)N)c1cc(-c3ccccc3)ccc1O2. The molecule has 31 heavy (non-hydrogen) atoms. The summed E-state index contributed by atoms with van der Waals surface area (Å²) in [6.07, 6.45) is 1.61. The number of nitrogens with zero attached hydrogens (tertiary/aromatic N) is 1. The van der Waals surface area contributed by atoms with Crippen molar-refractivity contribution in [2.75, 3.05) is 6.61 Å². The maximum Gasteiger partial charge on any atom is 0.279 e. The van der Waals surface area contributed by atoms with Crippen molar-refractivity contribution in [2.45, 2.75) is 25.4 Å². The Kier molecular flexibility index (Phi) is 5.37. The van der Waals surface area contributed by atoms with Crippen LogP contribution in [0.3, 0.4) is 0 Å². The summed E-state index contributed by atoms with van der Waals surface area (Å²) in [4.78, 5) is 4.43. The quantitative estimate of drug-likeness (QED) is 0.342. The molecule has 0 amide bonds. The largest absolute Gasteiger partial charge is 0.465 e. The molecule has 6 heteroatoms. The Hall–Kier alpha value is -3.82. The molecule has 1 aromatic heterocycles. The van der Waals surface area contributed by atoms with Crippen LogP contribution in [0.5, 0.6) is 11.6 Å². The minimum absolute atomic E-state index is 0.168. The highest BCUT2D eigenvalue weighted by molar-refractivity contribution is 5.69. The number of hydrogen-bond donors (Lipinski definition) is 3. The van der Waals surface area contributed by atoms with E-state index in [1.165, 1.54) is 0 Å². The fraction of sp³-hybridized carbons (Fsp3) is 0.200. The first-order chi connectivity index (χ1) is 14.8. The van der Waals surface area contributed by atoms with E-state index in [0.29, 0.717) is 17.2 Å². The number of fused-ring (bicyclic) bond motifs is 2. The minimum Gasteiger partial charge on any atom is -0.465 e. The predicted octanol–water partition coefficient (Wildman–Crippen LogP) is 4.02. The van der Waals surface area contributed by atoms with Crippen LogP contribution < -0.4 is 10.5 Å². The molecule has 4 rings (SSSR count). The first kappa shape index (κ1) is 20.5. The van der Waals surface area contributed by atoms with Gasteiger partial charge < -0.3 is 20.3 Å². The third kappa shape index (κ3) is 4.68. The van der Waals surface area contributed by atoms with Gasteiger partial charge in [0.1, 0.15) is 18.0 Å². The molecule has 0 fully saturated rings. The van der Waals surface area contributed by atoms with Gasteiger partial charge in [-0.3, -0.25) is 5.41 Å². The van der Waals surface area contributed by atoms with Crippen molar-refractivity contribution in [3.8, 4) is 34.6 Å². The van der Waals surface area contributed by atoms with Crippen molar-refractivity contribution in [1.82, 2.24) is 4.98 Å². The molecular weight excluding hydrogens is 390 g/mol. The smallest absolute Gasteiger partial charge is 0.279 e. The fourth-order valence-electron chi connectivity index (χ4n) is 3.45. The molecule has 0 radical (unpaired) electrons. The van der Waals surface area contributed by atoms with Gasteiger partial charge in [0.05, 0.1) is 5.92 Å². The number of ether oxygens (including phenoxy) is 2. The molecule has 1 aliphatic rings. The highest BCUT2D eigenvalue weighted by Gasteiger charge is 2.30. The van der Waals surface area contributed by atoms with E-state index in [9.17, 15) is 5.11 Å². The summed E-state index contributed by atoms with van der Waals surface area (Å²) in [5.41, 5.74) is 8.85. The molecule has 0 saturated carbocycles. The molecule has 0 spiro atoms. The molecule has 1 atom stereocenters. The third-order valence-electron chi connectivity index (χ3n) is 4.87. The van der Waals surface area contributed by atoms with Gasteiger partial charge in [0.25, 0.3) is 6.02 Å². The molecule has 3 aromatic rings. The Morgan fingerprint density at radius 1 is 1.16 bits per heavy atom. The summed E-state index contributed by atoms with van der Waals surface area (Å²) in [6, 6.07) is 17.6. The van der Waals surface area contributed by atoms with Crippen LogP contribution in [0.25, 0.3) is 11.1 Å². The Labute approximate surface area is 181 Å². The minimum atomic E-state index is -1.11. The van der Waals surface area contributed by atoms with Gasteiger partial charge in [0, 0.05) is 22.9 Å². The van der Waals surface area contributed by atoms with Crippen LogP contribution in [0.4, 0.5) is 0 Å². The van der Waals surface area contributed by atoms with Crippen molar-refractivity contribution in [1.29, 1.82) is 5.41 Å². The normalized spacial score (nSPS) is 14.4. The summed E-state index contributed by atoms with van der Waals surface area (Å²) >= 11 is 0. The van der Waals surface area contributed by atoms with E-state index in [-0.39, 0.29) is 18.5 Å². The van der Waals surface area contributed by atoms with Crippen LogP contribution >= 0.6 is 0 Å². The van der Waals surface area contributed by atoms with Crippen LogP contribution in [0.2, 0.25) is 0 Å². The van der Waals surface area contributed by atoms with Gasteiger partial charge in [-0.1, -0.05) is 48.2 Å². The number of aliphatic hydroxyl groups is 1. The molecule has 0 unspecified atom stereocenters. The second kappa shape index (κ2) is 8.13. The Morgan fingerprint density at radius 2 is 1.94 bits per heavy atom. The number of benzene rings is 2. The van der Waals surface area contributed by atoms with Gasteiger partial charge in [-0.2, -0.15) is 0 Å². The molecule has 2 aromatic carbocycles. The topological polar surface area (TPSA) is 101 Å². The van der Waals surface area contributed by atoms with Gasteiger partial charge in [0.15, 0.2) is 0 Å². The zero-order valence-electron chi connectivity index (χ0n) is 17.3. The van der Waals surface area contributed by atoms with Crippen LogP contribution in [0.15, 0.2) is 60.8 Å². The van der Waals surface area contributed by atoms with E-state index < -0.39 is 5.60 Å². The highest BCUT2D eigenvalue weighted by atomic mass is 16.5. The maximum atomic E-state index is 9.91. The monoisotopic (exact) mass is 413 g/mol. The number of nitrogens with one attached hydrogen (secondary N) is 1. The summed E-state index contributed by atoms with van der Waals surface area (Å²) in [7, 11) is 0. The lowest BCUT2D eigenvalue weighted by Gasteiger charge is -2.28. The zero-order chi connectivity index (χ0) is 22.0. The van der Waals surface area contributed by atoms with Gasteiger partial charge in [0.2, 0.25) is 5.88 Å². The number of amidine groups is 1. The average Bonchev–Trinajstić information content (AvgIpc) is 2.75. The lowest BCUT2D eigenvalue weighted by atomic mass is 9.87. The number of hydrogen-bond acceptors (Lipinski definition) is 5. The maximum absolute atomic E-state index is 9.91. The average molecular weight is 413 g/mol. The van der Waals surface area contributed by atoms with E-state index in [4.69, 9.17) is 20.6 Å². The van der Waals surface area contributed by atoms with Crippen molar-refractivity contribution in [2.24, 2.45) is 5.73 Å². The van der Waals surface area contributed by atoms with Crippen LogP contribution in [0, 0.1) is 17.3 Å². The van der Waals surface area contributed by atoms with Crippen molar-refractivity contribution >= 4 is 6.02 Å². The summed E-state index contributed by atoms with van der Waals surface area (Å²) < 4.78 is 11.5. The van der Waals surface area contributed by atoms with Gasteiger partial charge in [-0.25, -0.2) is 4.98 Å². The first-order valence-corrected chi connectivity index (χ1v) is 9.90. The van der Waals surface area contributed by atoms with E-state index in [1.54, 1.807) is 20.0 Å². The molecular formula is C25H23N3O3. The Bertz CT molecular complexity index is 1190. The molecule has 156 valence electrons. The van der Waals surface area contributed by atoms with Crippen molar-refractivity contribution < 1.29 is 14.6 Å². The summed E-state index contributed by atoms with van der Waals surface area (Å²) in [5.74, 6) is 6.66. The molecule has 4 N–H and O–H groups in total. The number of aromatic nitrogens is 1. The first-order valence-electron chi connectivity index (χ1n) is 9.90. The summed E-state index contributed by atoms with van der Waals surface area (Å²) in [6.45, 7) is 3.42.